The molecule has 0 radical (unpaired) electrons. The average Bonchev–Trinajstić information content (AvgIpc) is 2.77. The van der Waals surface area contributed by atoms with Crippen LogP contribution in [0, 0.1) is 0 Å². The largest absolute Gasteiger partial charge is 0.372 e. The highest BCUT2D eigenvalue weighted by molar-refractivity contribution is 5.91. The summed E-state index contributed by atoms with van der Waals surface area (Å²) in [6, 6.07) is 8.20. The first-order valence-electron chi connectivity index (χ1n) is 13.4. The van der Waals surface area contributed by atoms with Crippen molar-refractivity contribution in [1.82, 2.24) is 0 Å². The number of unbranched alkanes of at least 4 members (excludes halogenated alkanes) is 14. The van der Waals surface area contributed by atoms with Crippen LogP contribution in [-0.2, 0) is 4.79 Å². The Morgan fingerprint density at radius 1 is 0.710 bits per heavy atom. The zero-order valence-corrected chi connectivity index (χ0v) is 20.9. The lowest BCUT2D eigenvalue weighted by Gasteiger charge is -2.21. The Morgan fingerprint density at radius 3 is 1.68 bits per heavy atom. The van der Waals surface area contributed by atoms with Crippen molar-refractivity contribution in [3.05, 3.63) is 24.3 Å². The molecule has 31 heavy (non-hydrogen) atoms. The Balaban J connectivity index is 1.97. The first kappa shape index (κ1) is 27.5. The molecule has 0 aliphatic heterocycles. The van der Waals surface area contributed by atoms with Gasteiger partial charge < -0.3 is 10.2 Å². The summed E-state index contributed by atoms with van der Waals surface area (Å²) >= 11 is 0. The number of carbonyl (C=O) groups excluding carboxylic acids is 1. The Labute approximate surface area is 193 Å². The quantitative estimate of drug-likeness (QED) is 0.210. The maximum atomic E-state index is 12.2. The highest BCUT2D eigenvalue weighted by Gasteiger charge is 2.06. The third-order valence-corrected chi connectivity index (χ3v) is 6.27. The number of anilines is 2. The fourth-order valence-corrected chi connectivity index (χ4v) is 4.25. The Kier molecular flexibility index (Phi) is 17.0. The van der Waals surface area contributed by atoms with Crippen LogP contribution in [0.3, 0.4) is 0 Å². The van der Waals surface area contributed by atoms with E-state index >= 15 is 0 Å². The normalized spacial score (nSPS) is 10.9. The third kappa shape index (κ3) is 14.2. The van der Waals surface area contributed by atoms with Crippen LogP contribution in [0.15, 0.2) is 24.3 Å². The highest BCUT2D eigenvalue weighted by Crippen LogP contribution is 2.20. The zero-order valence-electron chi connectivity index (χ0n) is 20.9. The van der Waals surface area contributed by atoms with Gasteiger partial charge in [-0.05, 0) is 38.5 Å². The number of hydrogen-bond donors (Lipinski definition) is 1. The lowest BCUT2D eigenvalue weighted by atomic mass is 10.0. The summed E-state index contributed by atoms with van der Waals surface area (Å²) in [6.45, 7) is 8.56. The van der Waals surface area contributed by atoms with Gasteiger partial charge in [-0.1, -0.05) is 103 Å². The summed E-state index contributed by atoms with van der Waals surface area (Å²) in [7, 11) is 0. The van der Waals surface area contributed by atoms with Gasteiger partial charge in [0, 0.05) is 30.9 Å². The summed E-state index contributed by atoms with van der Waals surface area (Å²) in [5.41, 5.74) is 2.09. The fraction of sp³-hybridized carbons (Fsp3) is 0.750. The van der Waals surface area contributed by atoms with E-state index in [1.165, 1.54) is 95.6 Å². The van der Waals surface area contributed by atoms with Gasteiger partial charge >= 0.3 is 0 Å². The minimum Gasteiger partial charge on any atom is -0.372 e. The number of nitrogens with zero attached hydrogens (tertiary/aromatic N) is 1. The number of benzene rings is 1. The molecular weight excluding hydrogens is 380 g/mol. The lowest BCUT2D eigenvalue weighted by molar-refractivity contribution is -0.116. The molecule has 0 spiro atoms. The maximum absolute atomic E-state index is 12.2. The van der Waals surface area contributed by atoms with Crippen molar-refractivity contribution in [3.8, 4) is 0 Å². The van der Waals surface area contributed by atoms with Crippen molar-refractivity contribution in [2.75, 3.05) is 23.3 Å². The SMILES string of the molecule is CCCCCCCCCCCCCCCCCC(=O)Nc1cccc(N(CC)CC)c1. The van der Waals surface area contributed by atoms with Gasteiger partial charge in [-0.25, -0.2) is 0 Å². The number of hydrogen-bond acceptors (Lipinski definition) is 2. The van der Waals surface area contributed by atoms with E-state index in [4.69, 9.17) is 0 Å². The van der Waals surface area contributed by atoms with Gasteiger partial charge in [-0.15, -0.1) is 0 Å². The molecule has 0 aliphatic rings. The minimum atomic E-state index is 0.145. The molecule has 0 saturated carbocycles. The number of rotatable bonds is 20. The standard InChI is InChI=1S/C28H50N2O/c1-4-7-8-9-10-11-12-13-14-15-16-17-18-19-20-24-28(31)29-26-22-21-23-27(25-26)30(5-2)6-3/h21-23,25H,4-20,24H2,1-3H3,(H,29,31). The second-order valence-electron chi connectivity index (χ2n) is 8.97. The molecule has 0 atom stereocenters. The van der Waals surface area contributed by atoms with Gasteiger partial charge in [-0.2, -0.15) is 0 Å². The van der Waals surface area contributed by atoms with Crippen molar-refractivity contribution in [2.24, 2.45) is 0 Å². The summed E-state index contributed by atoms with van der Waals surface area (Å²) < 4.78 is 0. The summed E-state index contributed by atoms with van der Waals surface area (Å²) in [5, 5.41) is 3.07. The molecule has 1 N–H and O–H groups in total. The molecule has 0 aromatic heterocycles. The van der Waals surface area contributed by atoms with E-state index in [-0.39, 0.29) is 5.91 Å². The van der Waals surface area contributed by atoms with Gasteiger partial charge in [0.2, 0.25) is 5.91 Å². The van der Waals surface area contributed by atoms with E-state index in [1.807, 2.05) is 12.1 Å². The van der Waals surface area contributed by atoms with Crippen molar-refractivity contribution >= 4 is 17.3 Å². The maximum Gasteiger partial charge on any atom is 0.224 e. The molecule has 3 nitrogen and oxygen atoms in total. The molecule has 1 amide bonds. The van der Waals surface area contributed by atoms with Crippen molar-refractivity contribution < 1.29 is 4.79 Å². The van der Waals surface area contributed by atoms with Gasteiger partial charge in [0.15, 0.2) is 0 Å². The number of carbonyl (C=O) groups is 1. The third-order valence-electron chi connectivity index (χ3n) is 6.27. The second-order valence-corrected chi connectivity index (χ2v) is 8.97. The van der Waals surface area contributed by atoms with Crippen LogP contribution in [0.4, 0.5) is 11.4 Å². The predicted molar refractivity (Wildman–Crippen MR) is 138 cm³/mol. The van der Waals surface area contributed by atoms with Gasteiger partial charge in [0.25, 0.3) is 0 Å². The molecule has 0 heterocycles. The molecule has 3 heteroatoms. The molecule has 0 unspecified atom stereocenters. The molecule has 0 fully saturated rings. The molecule has 1 aromatic rings. The van der Waals surface area contributed by atoms with E-state index < -0.39 is 0 Å². The molecule has 0 saturated heterocycles. The van der Waals surface area contributed by atoms with E-state index in [0.29, 0.717) is 6.42 Å². The van der Waals surface area contributed by atoms with E-state index in [9.17, 15) is 4.79 Å². The number of nitrogens with one attached hydrogen (secondary N) is 1. The number of amides is 1. The predicted octanol–water partition coefficient (Wildman–Crippen LogP) is 8.73. The Hall–Kier alpha value is -1.51. The topological polar surface area (TPSA) is 32.3 Å². The first-order chi connectivity index (χ1) is 15.2. The van der Waals surface area contributed by atoms with Crippen LogP contribution in [0.1, 0.15) is 124 Å². The smallest absolute Gasteiger partial charge is 0.224 e. The van der Waals surface area contributed by atoms with Crippen LogP contribution in [0.2, 0.25) is 0 Å². The molecular formula is C28H50N2O. The molecule has 178 valence electrons. The Morgan fingerprint density at radius 2 is 1.19 bits per heavy atom. The van der Waals surface area contributed by atoms with Gasteiger partial charge in [0.1, 0.15) is 0 Å². The zero-order chi connectivity index (χ0) is 22.6. The lowest BCUT2D eigenvalue weighted by Crippen LogP contribution is -2.22. The van der Waals surface area contributed by atoms with Crippen LogP contribution in [-0.4, -0.2) is 19.0 Å². The monoisotopic (exact) mass is 430 g/mol. The fourth-order valence-electron chi connectivity index (χ4n) is 4.25. The van der Waals surface area contributed by atoms with E-state index in [2.05, 4.69) is 43.1 Å². The summed E-state index contributed by atoms with van der Waals surface area (Å²) in [6.07, 6.45) is 20.9. The molecule has 1 aromatic carbocycles. The van der Waals surface area contributed by atoms with E-state index in [0.717, 1.165) is 25.2 Å². The second kappa shape index (κ2) is 19.2. The van der Waals surface area contributed by atoms with Crippen LogP contribution < -0.4 is 10.2 Å². The average molecular weight is 431 g/mol. The molecule has 0 bridgehead atoms. The highest BCUT2D eigenvalue weighted by atomic mass is 16.1. The van der Waals surface area contributed by atoms with Crippen LogP contribution in [0.5, 0.6) is 0 Å². The van der Waals surface area contributed by atoms with Crippen LogP contribution in [0.25, 0.3) is 0 Å². The van der Waals surface area contributed by atoms with Crippen molar-refractivity contribution in [2.45, 2.75) is 124 Å². The summed E-state index contributed by atoms with van der Waals surface area (Å²) in [5.74, 6) is 0.145. The van der Waals surface area contributed by atoms with Crippen molar-refractivity contribution in [1.29, 1.82) is 0 Å². The van der Waals surface area contributed by atoms with E-state index in [1.54, 1.807) is 0 Å². The minimum absolute atomic E-state index is 0.145. The Bertz CT molecular complexity index is 554. The summed E-state index contributed by atoms with van der Waals surface area (Å²) in [4.78, 5) is 14.5. The van der Waals surface area contributed by atoms with Gasteiger partial charge in [-0.3, -0.25) is 4.79 Å². The molecule has 1 rings (SSSR count). The van der Waals surface area contributed by atoms with Crippen LogP contribution >= 0.6 is 0 Å². The van der Waals surface area contributed by atoms with Crippen molar-refractivity contribution in [3.63, 3.8) is 0 Å². The molecule has 0 aliphatic carbocycles. The first-order valence-corrected chi connectivity index (χ1v) is 13.4. The van der Waals surface area contributed by atoms with Gasteiger partial charge in [0.05, 0.1) is 0 Å².